The quantitative estimate of drug-likeness (QED) is 0.210. The number of fused-ring (bicyclic) bond motifs is 1. The highest BCUT2D eigenvalue weighted by atomic mass is 127. The Labute approximate surface area is 179 Å². The molecule has 0 fully saturated rings. The Bertz CT molecular complexity index is 904. The summed E-state index contributed by atoms with van der Waals surface area (Å²) in [4.78, 5) is 17.8. The van der Waals surface area contributed by atoms with Crippen molar-refractivity contribution >= 4 is 33.3 Å². The molecule has 2 aromatic heterocycles. The summed E-state index contributed by atoms with van der Waals surface area (Å²) in [5, 5.41) is 2.71. The number of hydrogen-bond donors (Lipinski definition) is 0. The number of thiophene rings is 1. The highest BCUT2D eigenvalue weighted by Crippen LogP contribution is 2.24. The van der Waals surface area contributed by atoms with Crippen LogP contribution in [0.15, 0.2) is 51.7 Å². The average Bonchev–Trinajstić information content (AvgIpc) is 3.11. The largest absolute Gasteiger partial charge is 1.00 e. The summed E-state index contributed by atoms with van der Waals surface area (Å²) in [6.45, 7) is 7.73. The zero-order valence-corrected chi connectivity index (χ0v) is 19.1. The molecule has 26 heavy (non-hydrogen) atoms. The Balaban J connectivity index is 0.00000243. The molecule has 0 radical (unpaired) electrons. The molecule has 0 N–H and O–H groups in total. The molecule has 0 aliphatic rings. The first-order chi connectivity index (χ1) is 12.1. The summed E-state index contributed by atoms with van der Waals surface area (Å²) in [6, 6.07) is 11.7. The summed E-state index contributed by atoms with van der Waals surface area (Å²) in [5.41, 5.74) is 1.70. The van der Waals surface area contributed by atoms with Crippen LogP contribution in [0.1, 0.15) is 13.8 Å². The summed E-state index contributed by atoms with van der Waals surface area (Å²) in [5.74, 6) is 0.938. The van der Waals surface area contributed by atoms with Crippen LogP contribution in [0.25, 0.3) is 15.9 Å². The number of para-hydroxylation sites is 1. The Hall–Kier alpha value is -0.900. The monoisotopic (exact) mass is 501 g/mol. The smallest absolute Gasteiger partial charge is 0.276 e. The van der Waals surface area contributed by atoms with Crippen LogP contribution in [0.3, 0.4) is 0 Å². The molecule has 0 saturated heterocycles. The van der Waals surface area contributed by atoms with Crippen LogP contribution in [-0.2, 0) is 0 Å². The van der Waals surface area contributed by atoms with Crippen molar-refractivity contribution < 1.29 is 28.5 Å². The van der Waals surface area contributed by atoms with E-state index in [4.69, 9.17) is 4.98 Å². The summed E-state index contributed by atoms with van der Waals surface area (Å²) < 4.78 is 3.51. The summed E-state index contributed by atoms with van der Waals surface area (Å²) in [7, 11) is 2.28. The zero-order valence-electron chi connectivity index (χ0n) is 15.3. The minimum Gasteiger partial charge on any atom is -1.00 e. The Morgan fingerprint density at radius 2 is 1.85 bits per heavy atom. The molecule has 4 nitrogen and oxygen atoms in total. The second-order valence-electron chi connectivity index (χ2n) is 6.33. The van der Waals surface area contributed by atoms with Crippen LogP contribution < -0.4 is 29.5 Å². The van der Waals surface area contributed by atoms with Gasteiger partial charge in [0, 0.05) is 0 Å². The van der Waals surface area contributed by atoms with Crippen LogP contribution >= 0.6 is 23.1 Å². The predicted octanol–water partition coefficient (Wildman–Crippen LogP) is 1.03. The number of thioether (sulfide) groups is 1. The molecule has 0 spiro atoms. The van der Waals surface area contributed by atoms with Gasteiger partial charge in [0.15, 0.2) is 5.16 Å². The normalized spacial score (nSPS) is 11.5. The van der Waals surface area contributed by atoms with Crippen molar-refractivity contribution in [3.63, 3.8) is 0 Å². The fraction of sp³-hybridized carbons (Fsp3) is 0.368. The third-order valence-corrected chi connectivity index (χ3v) is 6.66. The van der Waals surface area contributed by atoms with Gasteiger partial charge in [-0.15, -0.1) is 11.3 Å². The minimum atomic E-state index is 0. The Morgan fingerprint density at radius 3 is 2.50 bits per heavy atom. The first-order valence-corrected chi connectivity index (χ1v) is 10.5. The molecule has 0 atom stereocenters. The minimum absolute atomic E-state index is 0. The number of nitrogens with zero attached hydrogens (tertiary/aromatic N) is 3. The molecule has 140 valence electrons. The van der Waals surface area contributed by atoms with Crippen molar-refractivity contribution in [2.75, 3.05) is 32.4 Å². The van der Waals surface area contributed by atoms with Gasteiger partial charge in [-0.1, -0.05) is 30.0 Å². The predicted molar refractivity (Wildman–Crippen MR) is 108 cm³/mol. The van der Waals surface area contributed by atoms with E-state index in [1.807, 2.05) is 41.8 Å². The molecule has 0 amide bonds. The van der Waals surface area contributed by atoms with E-state index in [2.05, 4.69) is 20.9 Å². The number of quaternary nitrogens is 1. The van der Waals surface area contributed by atoms with Crippen LogP contribution in [0.4, 0.5) is 0 Å². The van der Waals surface area contributed by atoms with Gasteiger partial charge in [0.1, 0.15) is 4.70 Å². The maximum atomic E-state index is 13.0. The average molecular weight is 501 g/mol. The Kier molecular flexibility index (Phi) is 7.69. The van der Waals surface area contributed by atoms with Crippen molar-refractivity contribution in [1.29, 1.82) is 0 Å². The van der Waals surface area contributed by atoms with E-state index >= 15 is 0 Å². The lowest BCUT2D eigenvalue weighted by Gasteiger charge is -2.31. The van der Waals surface area contributed by atoms with E-state index in [1.54, 1.807) is 16.3 Å². The molecule has 2 heterocycles. The standard InChI is InChI=1S/C19H24N3OS2.HI/c1-4-22(3,5-2)12-14-25-19-20-16-11-13-24-17(16)18(23)21(19)15-9-7-6-8-10-15;/h6-11,13H,4-5,12,14H2,1-3H3;1H/q+1;/p-1. The lowest BCUT2D eigenvalue weighted by atomic mass is 10.3. The third-order valence-electron chi connectivity index (χ3n) is 4.85. The maximum Gasteiger partial charge on any atom is 0.276 e. The van der Waals surface area contributed by atoms with Crippen molar-refractivity contribution in [1.82, 2.24) is 9.55 Å². The topological polar surface area (TPSA) is 34.9 Å². The molecule has 0 aliphatic carbocycles. The Morgan fingerprint density at radius 1 is 1.15 bits per heavy atom. The van der Waals surface area contributed by atoms with E-state index in [0.717, 1.165) is 50.9 Å². The van der Waals surface area contributed by atoms with Gasteiger partial charge in [-0.3, -0.25) is 9.36 Å². The van der Waals surface area contributed by atoms with Gasteiger partial charge in [-0.05, 0) is 37.4 Å². The fourth-order valence-corrected chi connectivity index (χ4v) is 4.65. The highest BCUT2D eigenvalue weighted by Gasteiger charge is 2.18. The fourth-order valence-electron chi connectivity index (χ4n) is 2.69. The number of rotatable bonds is 7. The molecule has 0 saturated carbocycles. The van der Waals surface area contributed by atoms with Gasteiger partial charge in [0.05, 0.1) is 43.6 Å². The second-order valence-corrected chi connectivity index (χ2v) is 8.31. The first kappa shape index (κ1) is 21.4. The van der Waals surface area contributed by atoms with Crippen LogP contribution in [-0.4, -0.2) is 46.5 Å². The maximum absolute atomic E-state index is 13.0. The molecule has 3 rings (SSSR count). The van der Waals surface area contributed by atoms with E-state index in [9.17, 15) is 4.79 Å². The zero-order chi connectivity index (χ0) is 17.9. The molecular formula is C19H24IN3OS2. The number of hydrogen-bond acceptors (Lipinski definition) is 4. The summed E-state index contributed by atoms with van der Waals surface area (Å²) >= 11 is 3.13. The van der Waals surface area contributed by atoms with E-state index in [0.29, 0.717) is 0 Å². The van der Waals surface area contributed by atoms with E-state index in [-0.39, 0.29) is 29.5 Å². The molecule has 7 heteroatoms. The van der Waals surface area contributed by atoms with Gasteiger partial charge < -0.3 is 28.5 Å². The van der Waals surface area contributed by atoms with Crippen molar-refractivity contribution in [2.45, 2.75) is 19.0 Å². The molecule has 0 unspecified atom stereocenters. The van der Waals surface area contributed by atoms with Gasteiger partial charge in [0.2, 0.25) is 0 Å². The van der Waals surface area contributed by atoms with Crippen molar-refractivity contribution in [3.05, 3.63) is 52.1 Å². The van der Waals surface area contributed by atoms with Crippen LogP contribution in [0.2, 0.25) is 0 Å². The molecule has 0 aliphatic heterocycles. The van der Waals surface area contributed by atoms with Gasteiger partial charge in [-0.2, -0.15) is 0 Å². The lowest BCUT2D eigenvalue weighted by Crippen LogP contribution is -3.00. The molecule has 1 aromatic carbocycles. The van der Waals surface area contributed by atoms with Gasteiger partial charge in [-0.25, -0.2) is 4.98 Å². The van der Waals surface area contributed by atoms with E-state index in [1.165, 1.54) is 11.3 Å². The third kappa shape index (κ3) is 4.49. The lowest BCUT2D eigenvalue weighted by molar-refractivity contribution is -0.903. The van der Waals surface area contributed by atoms with Gasteiger partial charge in [0.25, 0.3) is 5.56 Å². The first-order valence-electron chi connectivity index (χ1n) is 8.60. The van der Waals surface area contributed by atoms with E-state index < -0.39 is 0 Å². The summed E-state index contributed by atoms with van der Waals surface area (Å²) in [6.07, 6.45) is 0. The van der Waals surface area contributed by atoms with Crippen molar-refractivity contribution in [2.24, 2.45) is 0 Å². The molecule has 3 aromatic rings. The number of halogens is 1. The highest BCUT2D eigenvalue weighted by molar-refractivity contribution is 7.99. The van der Waals surface area contributed by atoms with Gasteiger partial charge >= 0.3 is 0 Å². The molecular weight excluding hydrogens is 477 g/mol. The SMILES string of the molecule is CC[N+](C)(CC)CCSc1nc2ccsc2c(=O)n1-c1ccccc1.[I-]. The van der Waals surface area contributed by atoms with Crippen LogP contribution in [0.5, 0.6) is 0 Å². The van der Waals surface area contributed by atoms with Crippen molar-refractivity contribution in [3.8, 4) is 5.69 Å². The molecule has 0 bridgehead atoms. The second kappa shape index (κ2) is 9.34. The number of aromatic nitrogens is 2. The van der Waals surface area contributed by atoms with Crippen LogP contribution in [0, 0.1) is 0 Å². The number of benzene rings is 1.